The Bertz CT molecular complexity index is 739. The molecule has 3 atom stereocenters. The number of rotatable bonds is 10. The van der Waals surface area contributed by atoms with Crippen molar-refractivity contribution in [2.45, 2.75) is 83.1 Å². The number of carbonyl (C=O) groups is 3. The summed E-state index contributed by atoms with van der Waals surface area (Å²) in [5.41, 5.74) is 5.78. The number of hydrogen-bond donors (Lipinski definition) is 4. The molecule has 0 unspecified atom stereocenters. The quantitative estimate of drug-likeness (QED) is 0.270. The lowest BCUT2D eigenvalue weighted by Gasteiger charge is -2.37. The number of nitrogens with zero attached hydrogens (tertiary/aromatic N) is 1. The molecule has 9 nitrogen and oxygen atoms in total. The molecule has 34 heavy (non-hydrogen) atoms. The normalized spacial score (nSPS) is 22.4. The maximum absolute atomic E-state index is 13.8. The summed E-state index contributed by atoms with van der Waals surface area (Å²) in [6, 6.07) is -1.62. The van der Waals surface area contributed by atoms with Crippen LogP contribution in [0.3, 0.4) is 0 Å². The predicted octanol–water partition coefficient (Wildman–Crippen LogP) is 2.73. The van der Waals surface area contributed by atoms with Gasteiger partial charge in [-0.25, -0.2) is 4.79 Å². The highest BCUT2D eigenvalue weighted by molar-refractivity contribution is 8.00. The van der Waals surface area contributed by atoms with E-state index in [1.54, 1.807) is 11.8 Å². The number of nitrogens with two attached hydrogens (primary N) is 1. The largest absolute Gasteiger partial charge is 0.453 e. The summed E-state index contributed by atoms with van der Waals surface area (Å²) >= 11 is 1.60. The molecule has 0 aromatic heterocycles. The van der Waals surface area contributed by atoms with Crippen molar-refractivity contribution in [1.82, 2.24) is 15.5 Å². The first kappa shape index (κ1) is 28.3. The highest BCUT2D eigenvalue weighted by Gasteiger charge is 2.47. The van der Waals surface area contributed by atoms with Crippen molar-refractivity contribution in [2.24, 2.45) is 23.5 Å². The molecule has 0 spiro atoms. The Morgan fingerprint density at radius 2 is 1.85 bits per heavy atom. The summed E-state index contributed by atoms with van der Waals surface area (Å²) in [4.78, 5) is 40.7. The Labute approximate surface area is 208 Å². The third-order valence-corrected chi connectivity index (χ3v) is 8.61. The minimum atomic E-state index is -0.900. The minimum Gasteiger partial charge on any atom is -0.453 e. The Kier molecular flexibility index (Phi) is 10.5. The number of methoxy groups -OCH3 is 1. The number of amidine groups is 1. The van der Waals surface area contributed by atoms with E-state index in [1.165, 1.54) is 31.3 Å². The van der Waals surface area contributed by atoms with Crippen LogP contribution in [0, 0.1) is 23.2 Å². The zero-order chi connectivity index (χ0) is 25.5. The molecule has 0 bridgehead atoms. The molecule has 5 N–H and O–H groups in total. The lowest BCUT2D eigenvalue weighted by Crippen LogP contribution is -2.60. The summed E-state index contributed by atoms with van der Waals surface area (Å²) < 4.78 is 4.14. The molecule has 0 radical (unpaired) electrons. The number of nitrogens with one attached hydrogen (secondary N) is 3. The fourth-order valence-corrected chi connectivity index (χ4v) is 5.74. The Morgan fingerprint density at radius 1 is 1.21 bits per heavy atom. The average molecular weight is 498 g/mol. The van der Waals surface area contributed by atoms with Gasteiger partial charge in [-0.2, -0.15) is 11.8 Å². The predicted molar refractivity (Wildman–Crippen MR) is 136 cm³/mol. The van der Waals surface area contributed by atoms with E-state index in [2.05, 4.69) is 24.5 Å². The molecule has 3 amide bonds. The van der Waals surface area contributed by atoms with Crippen LogP contribution in [0.25, 0.3) is 0 Å². The number of amides is 3. The van der Waals surface area contributed by atoms with Crippen LogP contribution in [-0.4, -0.2) is 71.4 Å². The van der Waals surface area contributed by atoms with Gasteiger partial charge >= 0.3 is 6.09 Å². The van der Waals surface area contributed by atoms with Gasteiger partial charge in [0.15, 0.2) is 0 Å². The molecule has 2 rings (SSSR count). The maximum atomic E-state index is 13.8. The molecule has 2 fully saturated rings. The molecule has 194 valence electrons. The first-order valence-electron chi connectivity index (χ1n) is 12.4. The monoisotopic (exact) mass is 497 g/mol. The van der Waals surface area contributed by atoms with Gasteiger partial charge in [0.25, 0.3) is 0 Å². The first-order valence-corrected chi connectivity index (χ1v) is 13.3. The highest BCUT2D eigenvalue weighted by atomic mass is 32.2. The summed E-state index contributed by atoms with van der Waals surface area (Å²) in [6.45, 7) is 8.79. The van der Waals surface area contributed by atoms with Crippen molar-refractivity contribution in [3.8, 4) is 0 Å². The second kappa shape index (κ2) is 12.7. The number of ether oxygens (including phenoxy) is 1. The number of alkyl carbamates (subject to hydrolysis) is 1. The van der Waals surface area contributed by atoms with Gasteiger partial charge < -0.3 is 26.0 Å². The summed E-state index contributed by atoms with van der Waals surface area (Å²) in [7, 11) is 1.26. The van der Waals surface area contributed by atoms with Crippen LogP contribution >= 0.6 is 11.8 Å². The molecular weight excluding hydrogens is 454 g/mol. The molecule has 0 aromatic rings. The van der Waals surface area contributed by atoms with Crippen molar-refractivity contribution in [2.75, 3.05) is 26.0 Å². The summed E-state index contributed by atoms with van der Waals surface area (Å²) in [5.74, 6) is 0.685. The van der Waals surface area contributed by atoms with E-state index >= 15 is 0 Å². The Hall–Kier alpha value is -1.97. The standard InChI is InChI=1S/C24H43N5O4S/c1-15(2)14-34-24(3,4)19(28-23(32)33-5)22(31)29-13-17(20(25)26)11-18(29)21(30)27-12-16-9-7-6-8-10-16/h15-19H,6-14H2,1-5H3,(H3,25,26)(H,27,30)(H,28,32)/t17-,18+,19+/m1/s1. The third kappa shape index (κ3) is 7.78. The second-order valence-corrected chi connectivity index (χ2v) is 12.2. The van der Waals surface area contributed by atoms with Crippen LogP contribution in [-0.2, 0) is 14.3 Å². The zero-order valence-electron chi connectivity index (χ0n) is 21.3. The van der Waals surface area contributed by atoms with Gasteiger partial charge in [0, 0.05) is 23.8 Å². The lowest BCUT2D eigenvalue weighted by molar-refractivity contribution is -0.140. The highest BCUT2D eigenvalue weighted by Crippen LogP contribution is 2.33. The minimum absolute atomic E-state index is 0.0358. The van der Waals surface area contributed by atoms with E-state index in [1.807, 2.05) is 13.8 Å². The van der Waals surface area contributed by atoms with E-state index < -0.39 is 22.9 Å². The number of likely N-dealkylation sites (tertiary alicyclic amines) is 1. The summed E-state index contributed by atoms with van der Waals surface area (Å²) in [5, 5.41) is 13.7. The third-order valence-electron chi connectivity index (χ3n) is 6.79. The van der Waals surface area contributed by atoms with Crippen LogP contribution in [0.15, 0.2) is 0 Å². The van der Waals surface area contributed by atoms with Gasteiger partial charge in [0.1, 0.15) is 12.1 Å². The number of hydrogen-bond acceptors (Lipinski definition) is 6. The van der Waals surface area contributed by atoms with Gasteiger partial charge in [-0.1, -0.05) is 33.1 Å². The molecule has 10 heteroatoms. The average Bonchev–Trinajstić information content (AvgIpc) is 3.26. The van der Waals surface area contributed by atoms with Crippen LogP contribution in [0.1, 0.15) is 66.2 Å². The maximum Gasteiger partial charge on any atom is 0.407 e. The van der Waals surface area contributed by atoms with Gasteiger partial charge in [0.2, 0.25) is 11.8 Å². The smallest absolute Gasteiger partial charge is 0.407 e. The Morgan fingerprint density at radius 3 is 2.41 bits per heavy atom. The van der Waals surface area contributed by atoms with Crippen molar-refractivity contribution < 1.29 is 19.1 Å². The number of thioether (sulfide) groups is 1. The van der Waals surface area contributed by atoms with Gasteiger partial charge in [-0.05, 0) is 50.7 Å². The van der Waals surface area contributed by atoms with Crippen LogP contribution in [0.2, 0.25) is 0 Å². The molecule has 1 aliphatic heterocycles. The fraction of sp³-hybridized carbons (Fsp3) is 0.833. The number of carbonyl (C=O) groups excluding carboxylic acids is 3. The van der Waals surface area contributed by atoms with Crippen LogP contribution < -0.4 is 16.4 Å². The molecule has 1 heterocycles. The first-order chi connectivity index (χ1) is 16.0. The summed E-state index contributed by atoms with van der Waals surface area (Å²) in [6.07, 6.45) is 5.44. The van der Waals surface area contributed by atoms with Crippen LogP contribution in [0.5, 0.6) is 0 Å². The zero-order valence-corrected chi connectivity index (χ0v) is 22.1. The second-order valence-electron chi connectivity index (χ2n) is 10.5. The van der Waals surface area contributed by atoms with Crippen molar-refractivity contribution in [3.63, 3.8) is 0 Å². The SMILES string of the molecule is COC(=O)N[C@@H](C(=O)N1C[C@H](C(=N)N)C[C@H]1C(=O)NCC1CCCCC1)C(C)(C)SCC(C)C. The topological polar surface area (TPSA) is 138 Å². The lowest BCUT2D eigenvalue weighted by atomic mass is 9.89. The van der Waals surface area contributed by atoms with Gasteiger partial charge in [0.05, 0.1) is 12.9 Å². The van der Waals surface area contributed by atoms with Crippen molar-refractivity contribution >= 4 is 35.5 Å². The van der Waals surface area contributed by atoms with E-state index in [0.29, 0.717) is 24.8 Å². The van der Waals surface area contributed by atoms with Gasteiger partial charge in [-0.3, -0.25) is 15.0 Å². The molecule has 1 aliphatic carbocycles. The van der Waals surface area contributed by atoms with E-state index in [4.69, 9.17) is 15.9 Å². The molecular formula is C24H43N5O4S. The van der Waals surface area contributed by atoms with Crippen molar-refractivity contribution in [1.29, 1.82) is 5.41 Å². The molecule has 1 saturated heterocycles. The van der Waals surface area contributed by atoms with Crippen molar-refractivity contribution in [3.05, 3.63) is 0 Å². The molecule has 0 aromatic carbocycles. The molecule has 1 saturated carbocycles. The molecule has 2 aliphatic rings. The van der Waals surface area contributed by atoms with Gasteiger partial charge in [-0.15, -0.1) is 0 Å². The van der Waals surface area contributed by atoms with E-state index in [0.717, 1.165) is 18.6 Å². The van der Waals surface area contributed by atoms with E-state index in [-0.39, 0.29) is 30.1 Å². The fourth-order valence-electron chi connectivity index (χ4n) is 4.65. The van der Waals surface area contributed by atoms with E-state index in [9.17, 15) is 14.4 Å². The Balaban J connectivity index is 2.22. The van der Waals surface area contributed by atoms with Crippen LogP contribution in [0.4, 0.5) is 4.79 Å².